The largest absolute Gasteiger partial charge is 0.352 e. The number of rotatable bonds is 7. The lowest BCUT2D eigenvalue weighted by molar-refractivity contribution is 0.0949. The van der Waals surface area contributed by atoms with Crippen molar-refractivity contribution in [3.8, 4) is 0 Å². The van der Waals surface area contributed by atoms with E-state index in [4.69, 9.17) is 0 Å². The number of aryl methyl sites for hydroxylation is 1. The SMILES string of the molecule is CC[S@](=O)c1ccccc1C(=O)NCCCn1cccn1. The van der Waals surface area contributed by atoms with E-state index in [1.54, 1.807) is 30.5 Å². The van der Waals surface area contributed by atoms with Gasteiger partial charge in [0.1, 0.15) is 0 Å². The molecular formula is C15H19N3O2S. The lowest BCUT2D eigenvalue weighted by atomic mass is 10.2. The molecule has 0 radical (unpaired) electrons. The van der Waals surface area contributed by atoms with Gasteiger partial charge in [-0.25, -0.2) is 0 Å². The Hall–Kier alpha value is -1.95. The van der Waals surface area contributed by atoms with E-state index in [1.165, 1.54) is 0 Å². The van der Waals surface area contributed by atoms with Gasteiger partial charge in [-0.2, -0.15) is 5.10 Å². The molecule has 1 atom stereocenters. The highest BCUT2D eigenvalue weighted by Gasteiger charge is 2.13. The smallest absolute Gasteiger partial charge is 0.252 e. The molecule has 2 rings (SSSR count). The Morgan fingerprint density at radius 1 is 1.33 bits per heavy atom. The van der Waals surface area contributed by atoms with Crippen molar-refractivity contribution in [2.24, 2.45) is 0 Å². The second kappa shape index (κ2) is 7.73. The van der Waals surface area contributed by atoms with Gasteiger partial charge < -0.3 is 5.32 Å². The first-order valence-corrected chi connectivity index (χ1v) is 8.27. The van der Waals surface area contributed by atoms with Crippen LogP contribution in [0.3, 0.4) is 0 Å². The van der Waals surface area contributed by atoms with Gasteiger partial charge in [0.15, 0.2) is 0 Å². The zero-order chi connectivity index (χ0) is 15.1. The van der Waals surface area contributed by atoms with Crippen molar-refractivity contribution < 1.29 is 9.00 Å². The van der Waals surface area contributed by atoms with E-state index < -0.39 is 10.8 Å². The molecule has 0 spiro atoms. The maximum absolute atomic E-state index is 12.2. The molecule has 0 unspecified atom stereocenters. The van der Waals surface area contributed by atoms with Crippen LogP contribution in [-0.2, 0) is 17.3 Å². The summed E-state index contributed by atoms with van der Waals surface area (Å²) in [5.41, 5.74) is 0.497. The standard InChI is InChI=1S/C15H19N3O2S/c1-2-21(20)14-8-4-3-7-13(14)15(19)16-9-5-11-18-12-6-10-17-18/h3-4,6-8,10,12H,2,5,9,11H2,1H3,(H,16,19)/t21-/m0/s1. The lowest BCUT2D eigenvalue weighted by Crippen LogP contribution is -2.26. The Bertz CT molecular complexity index is 611. The third-order valence-electron chi connectivity index (χ3n) is 3.05. The molecule has 0 bridgehead atoms. The van der Waals surface area contributed by atoms with E-state index in [9.17, 15) is 9.00 Å². The van der Waals surface area contributed by atoms with Crippen molar-refractivity contribution in [3.05, 3.63) is 48.3 Å². The molecule has 1 heterocycles. The van der Waals surface area contributed by atoms with E-state index in [-0.39, 0.29) is 5.91 Å². The lowest BCUT2D eigenvalue weighted by Gasteiger charge is -2.09. The van der Waals surface area contributed by atoms with Crippen LogP contribution in [0.25, 0.3) is 0 Å². The van der Waals surface area contributed by atoms with Crippen LogP contribution in [0.5, 0.6) is 0 Å². The van der Waals surface area contributed by atoms with Gasteiger partial charge in [-0.3, -0.25) is 13.7 Å². The maximum Gasteiger partial charge on any atom is 0.252 e. The highest BCUT2D eigenvalue weighted by Crippen LogP contribution is 2.13. The van der Waals surface area contributed by atoms with Crippen molar-refractivity contribution in [1.82, 2.24) is 15.1 Å². The Morgan fingerprint density at radius 2 is 2.14 bits per heavy atom. The second-order valence-corrected chi connectivity index (χ2v) is 6.22. The Balaban J connectivity index is 1.90. The Kier molecular flexibility index (Phi) is 5.68. The first kappa shape index (κ1) is 15.4. The molecule has 0 fully saturated rings. The third kappa shape index (κ3) is 4.26. The van der Waals surface area contributed by atoms with Gasteiger partial charge in [0.25, 0.3) is 5.91 Å². The predicted molar refractivity (Wildman–Crippen MR) is 82.6 cm³/mol. The normalized spacial score (nSPS) is 12.0. The zero-order valence-corrected chi connectivity index (χ0v) is 12.8. The minimum atomic E-state index is -1.13. The molecule has 1 aromatic heterocycles. The van der Waals surface area contributed by atoms with Crippen molar-refractivity contribution in [2.45, 2.75) is 24.8 Å². The number of nitrogens with one attached hydrogen (secondary N) is 1. The fourth-order valence-electron chi connectivity index (χ4n) is 1.98. The molecule has 21 heavy (non-hydrogen) atoms. The van der Waals surface area contributed by atoms with Gasteiger partial charge >= 0.3 is 0 Å². The number of aromatic nitrogens is 2. The van der Waals surface area contributed by atoms with Gasteiger partial charge in [-0.05, 0) is 24.6 Å². The topological polar surface area (TPSA) is 64.0 Å². The minimum Gasteiger partial charge on any atom is -0.352 e. The summed E-state index contributed by atoms with van der Waals surface area (Å²) in [5.74, 6) is 0.330. The van der Waals surface area contributed by atoms with Crippen LogP contribution in [0.15, 0.2) is 47.6 Å². The number of hydrogen-bond donors (Lipinski definition) is 1. The number of benzene rings is 1. The number of carbonyl (C=O) groups excluding carboxylic acids is 1. The molecule has 6 heteroatoms. The van der Waals surface area contributed by atoms with E-state index in [0.29, 0.717) is 22.8 Å². The molecule has 1 amide bonds. The van der Waals surface area contributed by atoms with Gasteiger partial charge in [0, 0.05) is 31.2 Å². The summed E-state index contributed by atoms with van der Waals surface area (Å²) in [6.07, 6.45) is 4.42. The van der Waals surface area contributed by atoms with Crippen molar-refractivity contribution in [2.75, 3.05) is 12.3 Å². The zero-order valence-electron chi connectivity index (χ0n) is 12.0. The summed E-state index contributed by atoms with van der Waals surface area (Å²) in [5, 5.41) is 6.97. The van der Waals surface area contributed by atoms with E-state index in [0.717, 1.165) is 13.0 Å². The van der Waals surface area contributed by atoms with Crippen molar-refractivity contribution >= 4 is 16.7 Å². The van der Waals surface area contributed by atoms with Crippen LogP contribution >= 0.6 is 0 Å². The molecular weight excluding hydrogens is 286 g/mol. The highest BCUT2D eigenvalue weighted by molar-refractivity contribution is 7.85. The molecule has 112 valence electrons. The first-order valence-electron chi connectivity index (χ1n) is 6.95. The molecule has 1 N–H and O–H groups in total. The fourth-order valence-corrected chi connectivity index (χ4v) is 2.93. The molecule has 2 aromatic rings. The third-order valence-corrected chi connectivity index (χ3v) is 4.42. The van der Waals surface area contributed by atoms with Crippen LogP contribution in [0.1, 0.15) is 23.7 Å². The molecule has 0 saturated heterocycles. The average Bonchev–Trinajstić information content (AvgIpc) is 3.04. The summed E-state index contributed by atoms with van der Waals surface area (Å²) >= 11 is 0. The number of hydrogen-bond acceptors (Lipinski definition) is 3. The Labute approximate surface area is 126 Å². The van der Waals surface area contributed by atoms with E-state index in [1.807, 2.05) is 23.9 Å². The van der Waals surface area contributed by atoms with Gasteiger partial charge in [-0.15, -0.1) is 0 Å². The van der Waals surface area contributed by atoms with Crippen LogP contribution in [0, 0.1) is 0 Å². The summed E-state index contributed by atoms with van der Waals surface area (Å²) in [6, 6.07) is 8.92. The molecule has 0 saturated carbocycles. The van der Waals surface area contributed by atoms with Gasteiger partial charge in [0.2, 0.25) is 0 Å². The van der Waals surface area contributed by atoms with Gasteiger partial charge in [-0.1, -0.05) is 19.1 Å². The monoisotopic (exact) mass is 305 g/mol. The predicted octanol–water partition coefficient (Wildman–Crippen LogP) is 1.83. The molecule has 0 aliphatic heterocycles. The first-order chi connectivity index (χ1) is 10.2. The van der Waals surface area contributed by atoms with Gasteiger partial charge in [0.05, 0.1) is 21.3 Å². The summed E-state index contributed by atoms with van der Waals surface area (Å²) in [6.45, 7) is 3.16. The number of nitrogens with zero attached hydrogens (tertiary/aromatic N) is 2. The van der Waals surface area contributed by atoms with E-state index >= 15 is 0 Å². The molecule has 5 nitrogen and oxygen atoms in total. The Morgan fingerprint density at radius 3 is 2.86 bits per heavy atom. The van der Waals surface area contributed by atoms with E-state index in [2.05, 4.69) is 10.4 Å². The highest BCUT2D eigenvalue weighted by atomic mass is 32.2. The number of carbonyl (C=O) groups is 1. The van der Waals surface area contributed by atoms with Crippen LogP contribution in [0.4, 0.5) is 0 Å². The summed E-state index contributed by atoms with van der Waals surface area (Å²) in [7, 11) is -1.13. The minimum absolute atomic E-state index is 0.173. The summed E-state index contributed by atoms with van der Waals surface area (Å²) in [4.78, 5) is 12.8. The fraction of sp³-hybridized carbons (Fsp3) is 0.333. The van der Waals surface area contributed by atoms with Crippen LogP contribution < -0.4 is 5.32 Å². The maximum atomic E-state index is 12.2. The quantitative estimate of drug-likeness (QED) is 0.794. The molecule has 1 aromatic carbocycles. The second-order valence-electron chi connectivity index (χ2n) is 4.51. The van der Waals surface area contributed by atoms with Crippen LogP contribution in [0.2, 0.25) is 0 Å². The average molecular weight is 305 g/mol. The van der Waals surface area contributed by atoms with Crippen LogP contribution in [-0.4, -0.2) is 32.2 Å². The number of amides is 1. The van der Waals surface area contributed by atoms with Crippen molar-refractivity contribution in [1.29, 1.82) is 0 Å². The summed E-state index contributed by atoms with van der Waals surface area (Å²) < 4.78 is 13.8. The van der Waals surface area contributed by atoms with Crippen molar-refractivity contribution in [3.63, 3.8) is 0 Å². The molecule has 0 aliphatic rings. The molecule has 0 aliphatic carbocycles.